The van der Waals surface area contributed by atoms with Crippen molar-refractivity contribution in [3.63, 3.8) is 0 Å². The van der Waals surface area contributed by atoms with E-state index < -0.39 is 0 Å². The van der Waals surface area contributed by atoms with E-state index in [1.807, 2.05) is 35.7 Å². The first-order chi connectivity index (χ1) is 6.92. The first-order valence-electron chi connectivity index (χ1n) is 4.21. The summed E-state index contributed by atoms with van der Waals surface area (Å²) < 4.78 is 0. The van der Waals surface area contributed by atoms with Crippen LogP contribution >= 0.6 is 11.3 Å². The number of benzene rings is 1. The highest BCUT2D eigenvalue weighted by Gasteiger charge is 2.06. The molecule has 0 saturated heterocycles. The van der Waals surface area contributed by atoms with Gasteiger partial charge in [0.05, 0.1) is 11.8 Å². The third-order valence-corrected chi connectivity index (χ3v) is 2.68. The van der Waals surface area contributed by atoms with Crippen molar-refractivity contribution < 1.29 is 5.11 Å². The van der Waals surface area contributed by atoms with Crippen molar-refractivity contribution >= 4 is 16.9 Å². The van der Waals surface area contributed by atoms with E-state index >= 15 is 0 Å². The van der Waals surface area contributed by atoms with Crippen LogP contribution in [-0.4, -0.2) is 10.1 Å². The molecule has 1 aromatic heterocycles. The van der Waals surface area contributed by atoms with Crippen molar-refractivity contribution in [2.24, 2.45) is 0 Å². The molecule has 0 bridgehead atoms. The molecular weight excluding hydrogens is 194 g/mol. The van der Waals surface area contributed by atoms with E-state index in [9.17, 15) is 0 Å². The molecule has 0 aliphatic rings. The van der Waals surface area contributed by atoms with E-state index in [4.69, 9.17) is 5.11 Å². The van der Waals surface area contributed by atoms with Crippen LogP contribution in [0.2, 0.25) is 0 Å². The number of thiazole rings is 1. The van der Waals surface area contributed by atoms with Crippen molar-refractivity contribution in [1.82, 2.24) is 4.98 Å². The van der Waals surface area contributed by atoms with Crippen LogP contribution < -0.4 is 0 Å². The second-order valence-corrected chi connectivity index (χ2v) is 3.64. The lowest BCUT2D eigenvalue weighted by Crippen LogP contribution is -1.85. The lowest BCUT2D eigenvalue weighted by Gasteiger charge is -2.01. The fourth-order valence-electron chi connectivity index (χ4n) is 1.23. The quantitative estimate of drug-likeness (QED) is 0.761. The molecule has 0 amide bonds. The smallest absolute Gasteiger partial charge is 0.126 e. The minimum atomic E-state index is 0.764. The van der Waals surface area contributed by atoms with Crippen LogP contribution in [0.25, 0.3) is 5.57 Å². The van der Waals surface area contributed by atoms with Crippen molar-refractivity contribution in [2.75, 3.05) is 0 Å². The van der Waals surface area contributed by atoms with Crippen LogP contribution in [0, 0.1) is 0 Å². The van der Waals surface area contributed by atoms with Gasteiger partial charge in [0.25, 0.3) is 0 Å². The summed E-state index contributed by atoms with van der Waals surface area (Å²) in [4.78, 5) is 4.15. The Bertz CT molecular complexity index is 420. The Balaban J connectivity index is 2.43. The molecule has 2 rings (SSSR count). The summed E-state index contributed by atoms with van der Waals surface area (Å²) in [5.74, 6) is 0. The summed E-state index contributed by atoms with van der Waals surface area (Å²) >= 11 is 1.51. The SMILES string of the molecule is O/C=C(/c1ccccc1)c1nccs1. The molecule has 14 heavy (non-hydrogen) atoms. The van der Waals surface area contributed by atoms with Gasteiger partial charge in [-0.1, -0.05) is 30.3 Å². The van der Waals surface area contributed by atoms with E-state index in [1.165, 1.54) is 11.3 Å². The lowest BCUT2D eigenvalue weighted by atomic mass is 10.1. The van der Waals surface area contributed by atoms with E-state index in [-0.39, 0.29) is 0 Å². The number of rotatable bonds is 2. The fraction of sp³-hybridized carbons (Fsp3) is 0. The second kappa shape index (κ2) is 4.07. The predicted octanol–water partition coefficient (Wildman–Crippen LogP) is 3.09. The molecule has 2 aromatic rings. The maximum absolute atomic E-state index is 9.16. The number of aliphatic hydroxyl groups excluding tert-OH is 1. The molecular formula is C11H9NOS. The van der Waals surface area contributed by atoms with Gasteiger partial charge in [0.15, 0.2) is 0 Å². The summed E-state index contributed by atoms with van der Waals surface area (Å²) in [7, 11) is 0. The fourth-order valence-corrected chi connectivity index (χ4v) is 1.90. The van der Waals surface area contributed by atoms with Crippen molar-refractivity contribution in [1.29, 1.82) is 0 Å². The molecule has 2 nitrogen and oxygen atoms in total. The summed E-state index contributed by atoms with van der Waals surface area (Å²) in [5.41, 5.74) is 1.74. The van der Waals surface area contributed by atoms with Crippen LogP contribution in [0.1, 0.15) is 10.6 Å². The molecule has 0 aliphatic carbocycles. The van der Waals surface area contributed by atoms with Gasteiger partial charge in [-0.05, 0) is 5.56 Å². The summed E-state index contributed by atoms with van der Waals surface area (Å²) in [6.45, 7) is 0. The van der Waals surface area contributed by atoms with Crippen molar-refractivity contribution in [3.05, 3.63) is 58.7 Å². The molecule has 0 atom stereocenters. The maximum Gasteiger partial charge on any atom is 0.126 e. The van der Waals surface area contributed by atoms with Gasteiger partial charge in [0.1, 0.15) is 5.01 Å². The van der Waals surface area contributed by atoms with Crippen LogP contribution in [0.5, 0.6) is 0 Å². The van der Waals surface area contributed by atoms with Gasteiger partial charge in [0, 0.05) is 11.6 Å². The number of hydrogen-bond donors (Lipinski definition) is 1. The Morgan fingerprint density at radius 2 is 2.07 bits per heavy atom. The minimum absolute atomic E-state index is 0.764. The maximum atomic E-state index is 9.16. The van der Waals surface area contributed by atoms with E-state index in [0.717, 1.165) is 22.4 Å². The molecule has 0 unspecified atom stereocenters. The zero-order valence-corrected chi connectivity index (χ0v) is 8.24. The lowest BCUT2D eigenvalue weighted by molar-refractivity contribution is 0.476. The van der Waals surface area contributed by atoms with Crippen molar-refractivity contribution in [2.45, 2.75) is 0 Å². The third-order valence-electron chi connectivity index (χ3n) is 1.88. The Morgan fingerprint density at radius 1 is 1.29 bits per heavy atom. The Labute approximate surface area is 86.2 Å². The largest absolute Gasteiger partial charge is 0.515 e. The van der Waals surface area contributed by atoms with E-state index in [2.05, 4.69) is 4.98 Å². The van der Waals surface area contributed by atoms with Gasteiger partial charge in [-0.3, -0.25) is 0 Å². The zero-order chi connectivity index (χ0) is 9.80. The minimum Gasteiger partial charge on any atom is -0.515 e. The number of nitrogens with zero attached hydrogens (tertiary/aromatic N) is 1. The zero-order valence-electron chi connectivity index (χ0n) is 7.42. The summed E-state index contributed by atoms with van der Waals surface area (Å²) in [6, 6.07) is 9.71. The number of aromatic nitrogens is 1. The molecule has 70 valence electrons. The van der Waals surface area contributed by atoms with Crippen LogP contribution in [0.15, 0.2) is 48.2 Å². The molecule has 0 fully saturated rings. The second-order valence-electron chi connectivity index (χ2n) is 2.75. The van der Waals surface area contributed by atoms with Gasteiger partial charge >= 0.3 is 0 Å². The average Bonchev–Trinajstić information content (AvgIpc) is 2.74. The Morgan fingerprint density at radius 3 is 2.64 bits per heavy atom. The van der Waals surface area contributed by atoms with Gasteiger partial charge in [-0.25, -0.2) is 4.98 Å². The predicted molar refractivity (Wildman–Crippen MR) is 58.3 cm³/mol. The molecule has 0 aliphatic heterocycles. The van der Waals surface area contributed by atoms with Crippen molar-refractivity contribution in [3.8, 4) is 0 Å². The highest BCUT2D eigenvalue weighted by atomic mass is 32.1. The highest BCUT2D eigenvalue weighted by molar-refractivity contribution is 7.10. The Kier molecular flexibility index (Phi) is 2.60. The van der Waals surface area contributed by atoms with Crippen LogP contribution in [0.4, 0.5) is 0 Å². The highest BCUT2D eigenvalue weighted by Crippen LogP contribution is 2.23. The van der Waals surface area contributed by atoms with Crippen LogP contribution in [0.3, 0.4) is 0 Å². The standard InChI is InChI=1S/C11H9NOS/c13-8-10(11-12-6-7-14-11)9-4-2-1-3-5-9/h1-8,13H/b10-8-. The first kappa shape index (κ1) is 8.97. The molecule has 1 heterocycles. The normalized spacial score (nSPS) is 11.6. The third kappa shape index (κ3) is 1.67. The molecule has 1 N–H and O–H groups in total. The summed E-state index contributed by atoms with van der Waals surface area (Å²) in [6.07, 6.45) is 2.83. The number of aliphatic hydroxyl groups is 1. The van der Waals surface area contributed by atoms with Gasteiger partial charge in [-0.2, -0.15) is 0 Å². The molecule has 0 saturated carbocycles. The summed E-state index contributed by atoms with van der Waals surface area (Å²) in [5, 5.41) is 11.9. The van der Waals surface area contributed by atoms with Gasteiger partial charge in [0.2, 0.25) is 0 Å². The molecule has 1 aromatic carbocycles. The van der Waals surface area contributed by atoms with Gasteiger partial charge < -0.3 is 5.11 Å². The van der Waals surface area contributed by atoms with E-state index in [0.29, 0.717) is 0 Å². The van der Waals surface area contributed by atoms with Gasteiger partial charge in [-0.15, -0.1) is 11.3 Å². The monoisotopic (exact) mass is 203 g/mol. The number of hydrogen-bond acceptors (Lipinski definition) is 3. The first-order valence-corrected chi connectivity index (χ1v) is 5.09. The molecule has 3 heteroatoms. The van der Waals surface area contributed by atoms with Crippen LogP contribution in [-0.2, 0) is 0 Å². The average molecular weight is 203 g/mol. The molecule has 0 radical (unpaired) electrons. The Hall–Kier alpha value is -1.61. The van der Waals surface area contributed by atoms with E-state index in [1.54, 1.807) is 6.20 Å². The topological polar surface area (TPSA) is 33.1 Å². The molecule has 0 spiro atoms.